The molecule has 3 rings (SSSR count). The smallest absolute Gasteiger partial charge is 0.0783 e. The summed E-state index contributed by atoms with van der Waals surface area (Å²) in [6, 6.07) is 13.4. The van der Waals surface area contributed by atoms with Crippen LogP contribution in [0.25, 0.3) is 0 Å². The Balaban J connectivity index is 2.04. The zero-order valence-corrected chi connectivity index (χ0v) is 14.8. The van der Waals surface area contributed by atoms with Gasteiger partial charge in [0.25, 0.3) is 0 Å². The van der Waals surface area contributed by atoms with Gasteiger partial charge >= 0.3 is 0 Å². The summed E-state index contributed by atoms with van der Waals surface area (Å²) in [5.74, 6) is 0.657. The normalized spacial score (nSPS) is 21.0. The van der Waals surface area contributed by atoms with E-state index >= 15 is 0 Å². The maximum Gasteiger partial charge on any atom is 0.0783 e. The molecule has 0 aliphatic carbocycles. The molecule has 1 aliphatic heterocycles. The van der Waals surface area contributed by atoms with E-state index in [-0.39, 0.29) is 12.1 Å². The second-order valence-corrected chi connectivity index (χ2v) is 8.53. The highest BCUT2D eigenvalue weighted by atomic mass is 79.9. The van der Waals surface area contributed by atoms with Crippen LogP contribution in [0.5, 0.6) is 0 Å². The van der Waals surface area contributed by atoms with Gasteiger partial charge in [-0.15, -0.1) is 11.3 Å². The first-order chi connectivity index (χ1) is 10.1. The summed E-state index contributed by atoms with van der Waals surface area (Å²) in [7, 11) is 0. The molecule has 0 amide bonds. The Morgan fingerprint density at radius 1 is 1.29 bits per heavy atom. The molecule has 0 bridgehead atoms. The van der Waals surface area contributed by atoms with Crippen molar-refractivity contribution in [2.75, 3.05) is 11.4 Å². The van der Waals surface area contributed by atoms with Crippen molar-refractivity contribution < 1.29 is 0 Å². The molecule has 0 saturated carbocycles. The maximum atomic E-state index is 6.36. The summed E-state index contributed by atoms with van der Waals surface area (Å²) in [4.78, 5) is 3.84. The Bertz CT molecular complexity index is 623. The van der Waals surface area contributed by atoms with Gasteiger partial charge in [0.15, 0.2) is 0 Å². The van der Waals surface area contributed by atoms with Crippen molar-refractivity contribution in [1.29, 1.82) is 0 Å². The van der Waals surface area contributed by atoms with E-state index < -0.39 is 0 Å². The Morgan fingerprint density at radius 3 is 2.71 bits per heavy atom. The van der Waals surface area contributed by atoms with Gasteiger partial charge in [-0.1, -0.05) is 25.1 Å². The van der Waals surface area contributed by atoms with Crippen LogP contribution in [0.2, 0.25) is 0 Å². The van der Waals surface area contributed by atoms with Crippen molar-refractivity contribution in [3.05, 3.63) is 50.6 Å². The molecular weight excluding hydrogens is 344 g/mol. The average Bonchev–Trinajstić information content (AvgIpc) is 2.84. The molecule has 0 saturated heterocycles. The second kappa shape index (κ2) is 6.11. The van der Waals surface area contributed by atoms with Gasteiger partial charge in [-0.05, 0) is 59.0 Å². The number of hydrogen-bond donors (Lipinski definition) is 1. The molecule has 2 N–H and O–H groups in total. The molecule has 0 fully saturated rings. The van der Waals surface area contributed by atoms with E-state index in [1.54, 1.807) is 11.3 Å². The highest BCUT2D eigenvalue weighted by Crippen LogP contribution is 2.39. The number of nitrogens with two attached hydrogens (primary N) is 1. The van der Waals surface area contributed by atoms with Crippen LogP contribution in [0.4, 0.5) is 5.69 Å². The van der Waals surface area contributed by atoms with Gasteiger partial charge in [0.1, 0.15) is 0 Å². The van der Waals surface area contributed by atoms with E-state index in [0.29, 0.717) is 5.92 Å². The topological polar surface area (TPSA) is 29.3 Å². The maximum absolute atomic E-state index is 6.36. The fourth-order valence-electron chi connectivity index (χ4n) is 3.28. The Kier molecular flexibility index (Phi) is 4.38. The number of benzene rings is 1. The van der Waals surface area contributed by atoms with Crippen LogP contribution in [-0.4, -0.2) is 12.6 Å². The molecular formula is C17H21BrN2S. The van der Waals surface area contributed by atoms with Gasteiger partial charge in [0, 0.05) is 23.2 Å². The van der Waals surface area contributed by atoms with Crippen molar-refractivity contribution in [2.24, 2.45) is 11.7 Å². The molecule has 112 valence electrons. The predicted octanol–water partition coefficient (Wildman–Crippen LogP) is 4.60. The molecule has 4 heteroatoms. The lowest BCUT2D eigenvalue weighted by Crippen LogP contribution is -2.44. The fraction of sp³-hybridized carbons (Fsp3) is 0.412. The number of para-hydroxylation sites is 1. The van der Waals surface area contributed by atoms with Crippen LogP contribution in [0.15, 0.2) is 40.2 Å². The summed E-state index contributed by atoms with van der Waals surface area (Å²) < 4.78 is 1.17. The monoisotopic (exact) mass is 364 g/mol. The minimum absolute atomic E-state index is 0.0916. The lowest BCUT2D eigenvalue weighted by atomic mass is 9.91. The summed E-state index contributed by atoms with van der Waals surface area (Å²) >= 11 is 5.37. The van der Waals surface area contributed by atoms with Gasteiger partial charge in [0.05, 0.1) is 9.83 Å². The lowest BCUT2D eigenvalue weighted by Gasteiger charge is -2.41. The molecule has 21 heavy (non-hydrogen) atoms. The molecule has 1 aromatic heterocycles. The Hall–Kier alpha value is -0.840. The molecule has 2 aromatic rings. The van der Waals surface area contributed by atoms with Crippen molar-refractivity contribution in [2.45, 2.75) is 32.4 Å². The summed E-state index contributed by atoms with van der Waals surface area (Å²) in [5, 5.41) is 0. The Labute approximate surface area is 139 Å². The highest BCUT2D eigenvalue weighted by molar-refractivity contribution is 9.11. The van der Waals surface area contributed by atoms with E-state index in [0.717, 1.165) is 13.0 Å². The van der Waals surface area contributed by atoms with Crippen LogP contribution in [-0.2, 0) is 6.42 Å². The first-order valence-corrected chi connectivity index (χ1v) is 9.02. The van der Waals surface area contributed by atoms with Gasteiger partial charge in [-0.2, -0.15) is 0 Å². The average molecular weight is 365 g/mol. The van der Waals surface area contributed by atoms with Crippen molar-refractivity contribution in [3.8, 4) is 0 Å². The van der Waals surface area contributed by atoms with E-state index in [2.05, 4.69) is 71.1 Å². The van der Waals surface area contributed by atoms with Gasteiger partial charge in [-0.3, -0.25) is 0 Å². The molecule has 0 radical (unpaired) electrons. The SMILES string of the molecule is CC1Cc2ccccc2N(C(c2ccc(Br)s2)C(C)N)C1. The third-order valence-electron chi connectivity index (χ3n) is 4.10. The highest BCUT2D eigenvalue weighted by Gasteiger charge is 2.31. The number of hydrogen-bond acceptors (Lipinski definition) is 3. The van der Waals surface area contributed by atoms with E-state index in [1.165, 1.54) is 19.9 Å². The first-order valence-electron chi connectivity index (χ1n) is 7.41. The summed E-state index contributed by atoms with van der Waals surface area (Å²) in [6.07, 6.45) is 1.16. The number of fused-ring (bicyclic) bond motifs is 1. The third kappa shape index (κ3) is 3.03. The van der Waals surface area contributed by atoms with Crippen LogP contribution in [0.3, 0.4) is 0 Å². The fourth-order valence-corrected chi connectivity index (χ4v) is 4.94. The zero-order chi connectivity index (χ0) is 15.0. The molecule has 1 aromatic carbocycles. The van der Waals surface area contributed by atoms with Crippen LogP contribution in [0.1, 0.15) is 30.3 Å². The number of nitrogens with zero attached hydrogens (tertiary/aromatic N) is 1. The summed E-state index contributed by atoms with van der Waals surface area (Å²) in [6.45, 7) is 5.50. The third-order valence-corrected chi connectivity index (χ3v) is 5.79. The van der Waals surface area contributed by atoms with Crippen molar-refractivity contribution >= 4 is 33.0 Å². The first kappa shape index (κ1) is 15.1. The van der Waals surface area contributed by atoms with Crippen LogP contribution in [0, 0.1) is 5.92 Å². The van der Waals surface area contributed by atoms with Gasteiger partial charge in [-0.25, -0.2) is 0 Å². The molecule has 2 heterocycles. The van der Waals surface area contributed by atoms with Gasteiger partial charge < -0.3 is 10.6 Å². The minimum Gasteiger partial charge on any atom is -0.362 e. The molecule has 0 spiro atoms. The quantitative estimate of drug-likeness (QED) is 0.862. The molecule has 1 aliphatic rings. The molecule has 3 unspecified atom stereocenters. The minimum atomic E-state index is 0.0916. The van der Waals surface area contributed by atoms with Crippen LogP contribution >= 0.6 is 27.3 Å². The largest absolute Gasteiger partial charge is 0.362 e. The molecule has 3 atom stereocenters. The Morgan fingerprint density at radius 2 is 2.05 bits per heavy atom. The molecule has 2 nitrogen and oxygen atoms in total. The van der Waals surface area contributed by atoms with Crippen molar-refractivity contribution in [1.82, 2.24) is 0 Å². The standard InChI is InChI=1S/C17H21BrN2S/c1-11-9-13-5-3-4-6-14(13)20(10-11)17(12(2)19)15-7-8-16(18)21-15/h3-8,11-12,17H,9-10,19H2,1-2H3. The number of rotatable bonds is 3. The van der Waals surface area contributed by atoms with E-state index in [4.69, 9.17) is 5.73 Å². The van der Waals surface area contributed by atoms with Crippen LogP contribution < -0.4 is 10.6 Å². The number of halogens is 1. The lowest BCUT2D eigenvalue weighted by molar-refractivity contribution is 0.457. The number of thiophene rings is 1. The zero-order valence-electron chi connectivity index (χ0n) is 12.4. The second-order valence-electron chi connectivity index (χ2n) is 6.04. The summed E-state index contributed by atoms with van der Waals surface area (Å²) in [5.41, 5.74) is 9.15. The van der Waals surface area contributed by atoms with Crippen molar-refractivity contribution in [3.63, 3.8) is 0 Å². The van der Waals surface area contributed by atoms with E-state index in [9.17, 15) is 0 Å². The number of anilines is 1. The van der Waals surface area contributed by atoms with Gasteiger partial charge in [0.2, 0.25) is 0 Å². The predicted molar refractivity (Wildman–Crippen MR) is 95.1 cm³/mol. The van der Waals surface area contributed by atoms with E-state index in [1.807, 2.05) is 0 Å².